The number of aromatic nitrogens is 3. The van der Waals surface area contributed by atoms with Crippen LogP contribution in [0.5, 0.6) is 11.5 Å². The average Bonchev–Trinajstić information content (AvgIpc) is 2.57. The van der Waals surface area contributed by atoms with E-state index in [9.17, 15) is 15.0 Å². The molecule has 1 heterocycles. The van der Waals surface area contributed by atoms with E-state index in [0.717, 1.165) is 4.57 Å². The van der Waals surface area contributed by atoms with Crippen LogP contribution in [0.4, 0.5) is 11.6 Å². The van der Waals surface area contributed by atoms with Gasteiger partial charge >= 0.3 is 5.69 Å². The second-order valence-corrected chi connectivity index (χ2v) is 4.69. The number of phenolic OH excluding ortho intramolecular Hbond substituents is 2. The minimum atomic E-state index is -0.619. The van der Waals surface area contributed by atoms with Gasteiger partial charge in [-0.25, -0.2) is 20.6 Å². The molecule has 0 aliphatic rings. The molecular formula is C15H13N5O3. The van der Waals surface area contributed by atoms with E-state index >= 15 is 0 Å². The minimum Gasteiger partial charge on any atom is -0.504 e. The largest absolute Gasteiger partial charge is 0.504 e. The third-order valence-corrected chi connectivity index (χ3v) is 3.18. The Kier molecular flexibility index (Phi) is 3.65. The Morgan fingerprint density at radius 3 is 2.43 bits per heavy atom. The molecule has 0 radical (unpaired) electrons. The SMILES string of the molecule is NN(c1ccccc1)c1ncn(-c2ccc(O)c(O)c2)c(=O)n1. The number of nitrogens with zero attached hydrogens (tertiary/aromatic N) is 4. The highest BCUT2D eigenvalue weighted by Crippen LogP contribution is 2.26. The van der Waals surface area contributed by atoms with Crippen LogP contribution in [-0.2, 0) is 0 Å². The molecule has 3 rings (SSSR count). The molecule has 0 atom stereocenters. The number of hydrogen-bond donors (Lipinski definition) is 3. The number of phenols is 2. The number of hydrogen-bond acceptors (Lipinski definition) is 7. The predicted molar refractivity (Wildman–Crippen MR) is 83.7 cm³/mol. The lowest BCUT2D eigenvalue weighted by Crippen LogP contribution is -2.31. The van der Waals surface area contributed by atoms with Gasteiger partial charge in [-0.3, -0.25) is 4.57 Å². The molecule has 0 spiro atoms. The van der Waals surface area contributed by atoms with Gasteiger partial charge in [0.2, 0.25) is 0 Å². The van der Waals surface area contributed by atoms with Crippen molar-refractivity contribution in [3.63, 3.8) is 0 Å². The van der Waals surface area contributed by atoms with Crippen LogP contribution in [0, 0.1) is 0 Å². The molecule has 0 saturated heterocycles. The van der Waals surface area contributed by atoms with Gasteiger partial charge < -0.3 is 10.2 Å². The summed E-state index contributed by atoms with van der Waals surface area (Å²) in [6.07, 6.45) is 1.25. The molecule has 0 saturated carbocycles. The number of anilines is 2. The first-order valence-corrected chi connectivity index (χ1v) is 6.64. The summed E-state index contributed by atoms with van der Waals surface area (Å²) in [5.41, 5.74) is 0.332. The van der Waals surface area contributed by atoms with Crippen molar-refractivity contribution in [1.82, 2.24) is 14.5 Å². The van der Waals surface area contributed by atoms with Gasteiger partial charge in [0, 0.05) is 6.07 Å². The lowest BCUT2D eigenvalue weighted by atomic mass is 10.3. The molecule has 2 aromatic carbocycles. The standard InChI is InChI=1S/C15H13N5O3/c16-20(10-4-2-1-3-5-10)14-17-9-19(15(23)18-14)11-6-7-12(21)13(22)8-11/h1-9,21-22H,16H2. The fourth-order valence-corrected chi connectivity index (χ4v) is 1.99. The first-order chi connectivity index (χ1) is 11.1. The zero-order valence-electron chi connectivity index (χ0n) is 11.9. The molecule has 0 fully saturated rings. The van der Waals surface area contributed by atoms with E-state index in [1.54, 1.807) is 24.3 Å². The first kappa shape index (κ1) is 14.5. The van der Waals surface area contributed by atoms with Crippen molar-refractivity contribution in [1.29, 1.82) is 0 Å². The molecule has 0 aliphatic heterocycles. The molecule has 1 aromatic heterocycles. The van der Waals surface area contributed by atoms with E-state index < -0.39 is 5.69 Å². The van der Waals surface area contributed by atoms with Crippen molar-refractivity contribution in [2.45, 2.75) is 0 Å². The van der Waals surface area contributed by atoms with Gasteiger partial charge in [0.05, 0.1) is 11.4 Å². The zero-order chi connectivity index (χ0) is 16.4. The predicted octanol–water partition coefficient (Wildman–Crippen LogP) is 1.05. The third kappa shape index (κ3) is 2.83. The summed E-state index contributed by atoms with van der Waals surface area (Å²) in [5.74, 6) is 5.32. The highest BCUT2D eigenvalue weighted by atomic mass is 16.3. The van der Waals surface area contributed by atoms with E-state index in [0.29, 0.717) is 11.4 Å². The van der Waals surface area contributed by atoms with Crippen LogP contribution in [0.25, 0.3) is 5.69 Å². The number of nitrogens with two attached hydrogens (primary N) is 1. The summed E-state index contributed by atoms with van der Waals surface area (Å²) >= 11 is 0. The molecule has 0 unspecified atom stereocenters. The van der Waals surface area contributed by atoms with E-state index in [-0.39, 0.29) is 17.4 Å². The van der Waals surface area contributed by atoms with Crippen LogP contribution in [0.15, 0.2) is 59.7 Å². The van der Waals surface area contributed by atoms with Crippen LogP contribution in [0.2, 0.25) is 0 Å². The number of para-hydroxylation sites is 1. The van der Waals surface area contributed by atoms with E-state index in [2.05, 4.69) is 9.97 Å². The van der Waals surface area contributed by atoms with E-state index in [4.69, 9.17) is 5.84 Å². The molecule has 3 aromatic rings. The summed E-state index contributed by atoms with van der Waals surface area (Å²) < 4.78 is 1.13. The Hall–Kier alpha value is -3.39. The topological polar surface area (TPSA) is 118 Å². The van der Waals surface area contributed by atoms with Gasteiger partial charge in [0.1, 0.15) is 6.33 Å². The van der Waals surface area contributed by atoms with Crippen LogP contribution in [0.1, 0.15) is 0 Å². The van der Waals surface area contributed by atoms with Gasteiger partial charge in [-0.2, -0.15) is 4.98 Å². The number of aromatic hydroxyl groups is 2. The summed E-state index contributed by atoms with van der Waals surface area (Å²) in [5, 5.41) is 20.0. The Bertz CT molecular complexity index is 895. The Morgan fingerprint density at radius 2 is 1.78 bits per heavy atom. The van der Waals surface area contributed by atoms with Crippen molar-refractivity contribution in [2.24, 2.45) is 5.84 Å². The van der Waals surface area contributed by atoms with Gasteiger partial charge in [-0.1, -0.05) is 18.2 Å². The maximum absolute atomic E-state index is 12.2. The monoisotopic (exact) mass is 311 g/mol. The third-order valence-electron chi connectivity index (χ3n) is 3.18. The number of hydrazine groups is 1. The van der Waals surface area contributed by atoms with Crippen molar-refractivity contribution >= 4 is 11.6 Å². The maximum atomic E-state index is 12.2. The second-order valence-electron chi connectivity index (χ2n) is 4.69. The summed E-state index contributed by atoms with van der Waals surface area (Å²) in [4.78, 5) is 20.0. The summed E-state index contributed by atoms with van der Waals surface area (Å²) in [6.45, 7) is 0. The van der Waals surface area contributed by atoms with Crippen LogP contribution < -0.4 is 16.5 Å². The average molecular weight is 311 g/mol. The van der Waals surface area contributed by atoms with Crippen molar-refractivity contribution < 1.29 is 10.2 Å². The van der Waals surface area contributed by atoms with Gasteiger partial charge in [0.15, 0.2) is 11.5 Å². The number of rotatable bonds is 3. The lowest BCUT2D eigenvalue weighted by Gasteiger charge is -2.16. The van der Waals surface area contributed by atoms with Gasteiger partial charge in [0.25, 0.3) is 5.95 Å². The van der Waals surface area contributed by atoms with Crippen molar-refractivity contribution in [3.05, 3.63) is 65.3 Å². The normalized spacial score (nSPS) is 10.5. The van der Waals surface area contributed by atoms with Crippen molar-refractivity contribution in [2.75, 3.05) is 5.01 Å². The fourth-order valence-electron chi connectivity index (χ4n) is 1.99. The lowest BCUT2D eigenvalue weighted by molar-refractivity contribution is 0.403. The zero-order valence-corrected chi connectivity index (χ0v) is 11.9. The van der Waals surface area contributed by atoms with E-state index in [1.165, 1.54) is 29.5 Å². The Labute approximate surface area is 130 Å². The fraction of sp³-hybridized carbons (Fsp3) is 0. The Morgan fingerprint density at radius 1 is 1.04 bits per heavy atom. The Balaban J connectivity index is 1.98. The van der Waals surface area contributed by atoms with Gasteiger partial charge in [-0.05, 0) is 24.3 Å². The molecule has 8 heteroatoms. The minimum absolute atomic E-state index is 0.0421. The summed E-state index contributed by atoms with van der Waals surface area (Å²) in [7, 11) is 0. The molecular weight excluding hydrogens is 298 g/mol. The van der Waals surface area contributed by atoms with Crippen LogP contribution >= 0.6 is 0 Å². The molecule has 23 heavy (non-hydrogen) atoms. The highest BCUT2D eigenvalue weighted by molar-refractivity contribution is 5.54. The first-order valence-electron chi connectivity index (χ1n) is 6.64. The molecule has 4 N–H and O–H groups in total. The van der Waals surface area contributed by atoms with E-state index in [1.807, 2.05) is 6.07 Å². The van der Waals surface area contributed by atoms with Gasteiger partial charge in [-0.15, -0.1) is 0 Å². The maximum Gasteiger partial charge on any atom is 0.356 e. The van der Waals surface area contributed by atoms with Crippen LogP contribution in [-0.4, -0.2) is 24.7 Å². The smallest absolute Gasteiger partial charge is 0.356 e. The molecule has 0 bridgehead atoms. The summed E-state index contributed by atoms with van der Waals surface area (Å²) in [6, 6.07) is 12.9. The highest BCUT2D eigenvalue weighted by Gasteiger charge is 2.11. The van der Waals surface area contributed by atoms with Crippen LogP contribution in [0.3, 0.4) is 0 Å². The molecule has 116 valence electrons. The molecule has 8 nitrogen and oxygen atoms in total. The van der Waals surface area contributed by atoms with Crippen molar-refractivity contribution in [3.8, 4) is 17.2 Å². The second kappa shape index (κ2) is 5.78. The molecule has 0 amide bonds. The number of benzene rings is 2. The molecule has 0 aliphatic carbocycles. The quantitative estimate of drug-likeness (QED) is 0.376.